The van der Waals surface area contributed by atoms with Crippen molar-refractivity contribution in [2.45, 2.75) is 25.7 Å². The normalized spacial score (nSPS) is 11.9. The van der Waals surface area contributed by atoms with Crippen molar-refractivity contribution in [3.8, 4) is 5.75 Å². The van der Waals surface area contributed by atoms with Gasteiger partial charge in [-0.05, 0) is 57.7 Å². The molecule has 206 valence electrons. The van der Waals surface area contributed by atoms with E-state index in [2.05, 4.69) is 63.5 Å². The van der Waals surface area contributed by atoms with Gasteiger partial charge in [0.1, 0.15) is 10.6 Å². The Bertz CT molecular complexity index is 1350. The second-order valence-electron chi connectivity index (χ2n) is 9.74. The molecule has 0 aliphatic heterocycles. The van der Waals surface area contributed by atoms with E-state index in [4.69, 9.17) is 4.74 Å². The molecule has 0 atom stereocenters. The molecule has 0 unspecified atom stereocenters. The average Bonchev–Trinajstić information content (AvgIpc) is 2.86. The van der Waals surface area contributed by atoms with E-state index in [1.165, 1.54) is 19.2 Å². The zero-order valence-electron chi connectivity index (χ0n) is 22.6. The van der Waals surface area contributed by atoms with Gasteiger partial charge in [-0.1, -0.05) is 26.0 Å². The van der Waals surface area contributed by atoms with Crippen LogP contribution in [0.25, 0.3) is 0 Å². The average molecular weight is 546 g/mol. The van der Waals surface area contributed by atoms with Gasteiger partial charge >= 0.3 is 0 Å². The molecule has 12 heteroatoms. The molecule has 0 fully saturated rings. The van der Waals surface area contributed by atoms with Crippen LogP contribution in [0.5, 0.6) is 5.75 Å². The van der Waals surface area contributed by atoms with Crippen LogP contribution in [0.3, 0.4) is 0 Å². The van der Waals surface area contributed by atoms with Gasteiger partial charge in [-0.15, -0.1) is 0 Å². The lowest BCUT2D eigenvalue weighted by Crippen LogP contribution is -2.34. The highest BCUT2D eigenvalue weighted by Crippen LogP contribution is 2.32. The third-order valence-electron chi connectivity index (χ3n) is 5.49. The lowest BCUT2D eigenvalue weighted by atomic mass is 9.93. The van der Waals surface area contributed by atoms with E-state index in [9.17, 15) is 12.8 Å². The number of benzene rings is 2. The summed E-state index contributed by atoms with van der Waals surface area (Å²) in [5.41, 5.74) is 1.73. The molecule has 0 aliphatic carbocycles. The van der Waals surface area contributed by atoms with Crippen LogP contribution in [-0.4, -0.2) is 64.1 Å². The molecule has 4 N–H and O–H groups in total. The number of rotatable bonds is 13. The first-order chi connectivity index (χ1) is 17.9. The topological polar surface area (TPSA) is 121 Å². The smallest absolute Gasteiger partial charge is 0.242 e. The summed E-state index contributed by atoms with van der Waals surface area (Å²) in [6, 6.07) is 11.8. The van der Waals surface area contributed by atoms with E-state index in [1.54, 1.807) is 12.1 Å². The second kappa shape index (κ2) is 12.4. The fourth-order valence-electron chi connectivity index (χ4n) is 3.94. The first-order valence-electron chi connectivity index (χ1n) is 12.2. The molecule has 2 aromatic carbocycles. The summed E-state index contributed by atoms with van der Waals surface area (Å²) >= 11 is 0. The molecular formula is C26H36FN7O3S. The second-order valence-corrected chi connectivity index (χ2v) is 11.6. The predicted octanol–water partition coefficient (Wildman–Crippen LogP) is 4.41. The van der Waals surface area contributed by atoms with Crippen LogP contribution in [0, 0.1) is 11.2 Å². The summed E-state index contributed by atoms with van der Waals surface area (Å²) in [6.45, 7) is 8.42. The van der Waals surface area contributed by atoms with Crippen molar-refractivity contribution in [2.75, 3.05) is 56.8 Å². The van der Waals surface area contributed by atoms with Crippen LogP contribution < -0.4 is 25.4 Å². The fraction of sp³-hybridized carbons (Fsp3) is 0.385. The van der Waals surface area contributed by atoms with E-state index in [-0.39, 0.29) is 27.8 Å². The van der Waals surface area contributed by atoms with Gasteiger partial charge in [-0.2, -0.15) is 4.98 Å². The molecular weight excluding hydrogens is 509 g/mol. The third kappa shape index (κ3) is 7.76. The first-order valence-corrected chi connectivity index (χ1v) is 13.7. The van der Waals surface area contributed by atoms with E-state index in [1.807, 2.05) is 25.1 Å². The van der Waals surface area contributed by atoms with E-state index in [0.717, 1.165) is 25.0 Å². The van der Waals surface area contributed by atoms with Crippen molar-refractivity contribution in [1.82, 2.24) is 19.6 Å². The maximum atomic E-state index is 14.6. The van der Waals surface area contributed by atoms with E-state index >= 15 is 0 Å². The number of ether oxygens (including phenoxy) is 1. The van der Waals surface area contributed by atoms with Gasteiger partial charge in [0.05, 0.1) is 24.2 Å². The Labute approximate surface area is 224 Å². The lowest BCUT2D eigenvalue weighted by Gasteiger charge is -2.29. The molecule has 10 nitrogen and oxygen atoms in total. The van der Waals surface area contributed by atoms with Crippen molar-refractivity contribution in [2.24, 2.45) is 5.41 Å². The number of hydrogen-bond acceptors (Lipinski definition) is 9. The first kappa shape index (κ1) is 29.1. The highest BCUT2D eigenvalue weighted by atomic mass is 32.2. The van der Waals surface area contributed by atoms with E-state index in [0.29, 0.717) is 18.0 Å². The Balaban J connectivity index is 1.83. The summed E-state index contributed by atoms with van der Waals surface area (Å²) in [4.78, 5) is 10.4. The van der Waals surface area contributed by atoms with Gasteiger partial charge in [0.25, 0.3) is 0 Å². The molecule has 0 saturated heterocycles. The number of sulfonamides is 1. The number of anilines is 5. The number of para-hydroxylation sites is 1. The summed E-state index contributed by atoms with van der Waals surface area (Å²) < 4.78 is 47.4. The Morgan fingerprint density at radius 3 is 2.50 bits per heavy atom. The van der Waals surface area contributed by atoms with Crippen molar-refractivity contribution in [1.29, 1.82) is 0 Å². The molecule has 38 heavy (non-hydrogen) atoms. The van der Waals surface area contributed by atoms with Gasteiger partial charge in [0.2, 0.25) is 16.0 Å². The Kier molecular flexibility index (Phi) is 9.47. The highest BCUT2D eigenvalue weighted by molar-refractivity contribution is 7.89. The number of nitrogens with zero attached hydrogens (tertiary/aromatic N) is 3. The largest absolute Gasteiger partial charge is 0.492 e. The molecule has 0 spiro atoms. The third-order valence-corrected chi connectivity index (χ3v) is 6.96. The molecule has 1 heterocycles. The van der Waals surface area contributed by atoms with Gasteiger partial charge in [0.15, 0.2) is 11.6 Å². The van der Waals surface area contributed by atoms with Crippen LogP contribution in [0.1, 0.15) is 20.8 Å². The van der Waals surface area contributed by atoms with Gasteiger partial charge in [-0.3, -0.25) is 0 Å². The molecule has 0 bridgehead atoms. The molecule has 0 radical (unpaired) electrons. The zero-order valence-corrected chi connectivity index (χ0v) is 23.4. The number of nitrogens with one attached hydrogen (secondary N) is 4. The molecule has 0 aliphatic rings. The maximum Gasteiger partial charge on any atom is 0.242 e. The van der Waals surface area contributed by atoms with Gasteiger partial charge < -0.3 is 25.6 Å². The SMILES string of the molecule is CCOc1cc(NCC(C)(C)CN(C)C)ccc1Nc1ncc(F)c(Nc2ccccc2S(=O)(=O)NC)n1. The Hall–Kier alpha value is -3.48. The van der Waals surface area contributed by atoms with Crippen molar-refractivity contribution < 1.29 is 17.5 Å². The lowest BCUT2D eigenvalue weighted by molar-refractivity contribution is 0.254. The number of halogens is 1. The van der Waals surface area contributed by atoms with Crippen LogP contribution >= 0.6 is 0 Å². The van der Waals surface area contributed by atoms with E-state index < -0.39 is 15.8 Å². The van der Waals surface area contributed by atoms with Crippen LogP contribution in [-0.2, 0) is 10.0 Å². The van der Waals surface area contributed by atoms with Crippen molar-refractivity contribution in [3.05, 3.63) is 54.5 Å². The number of aromatic nitrogens is 2. The predicted molar refractivity (Wildman–Crippen MR) is 150 cm³/mol. The summed E-state index contributed by atoms with van der Waals surface area (Å²) in [5.74, 6) is -0.231. The minimum Gasteiger partial charge on any atom is -0.492 e. The van der Waals surface area contributed by atoms with Crippen molar-refractivity contribution in [3.63, 3.8) is 0 Å². The monoisotopic (exact) mass is 545 g/mol. The minimum atomic E-state index is -3.78. The Morgan fingerprint density at radius 1 is 1.08 bits per heavy atom. The van der Waals surface area contributed by atoms with Crippen LogP contribution in [0.4, 0.5) is 33.2 Å². The zero-order chi connectivity index (χ0) is 27.9. The van der Waals surface area contributed by atoms with Crippen LogP contribution in [0.2, 0.25) is 0 Å². The highest BCUT2D eigenvalue weighted by Gasteiger charge is 2.20. The molecule has 3 rings (SSSR count). The quantitative estimate of drug-likeness (QED) is 0.248. The summed E-state index contributed by atoms with van der Waals surface area (Å²) in [5, 5.41) is 9.31. The van der Waals surface area contributed by atoms with Crippen LogP contribution in [0.15, 0.2) is 53.6 Å². The van der Waals surface area contributed by atoms with Gasteiger partial charge in [0, 0.05) is 24.8 Å². The molecule has 1 aromatic heterocycles. The summed E-state index contributed by atoms with van der Waals surface area (Å²) in [6.07, 6.45) is 1.01. The minimum absolute atomic E-state index is 0.0366. The Morgan fingerprint density at radius 2 is 1.82 bits per heavy atom. The standard InChI is InChI=1S/C26H36FN7O3S/c1-7-37-22-14-18(30-16-26(2,3)17-34(5)6)12-13-20(22)32-25-29-15-19(27)24(33-25)31-21-10-8-9-11-23(21)38(35,36)28-4/h8-15,28,30H,7,16-17H2,1-6H3,(H2,29,31,32,33). The van der Waals surface area contributed by atoms with Crippen molar-refractivity contribution >= 4 is 38.9 Å². The number of hydrogen-bond donors (Lipinski definition) is 4. The molecule has 0 saturated carbocycles. The van der Waals surface area contributed by atoms with Gasteiger partial charge in [-0.25, -0.2) is 22.5 Å². The fourth-order valence-corrected chi connectivity index (χ4v) is 4.83. The maximum absolute atomic E-state index is 14.6. The summed E-state index contributed by atoms with van der Waals surface area (Å²) in [7, 11) is 1.64. The molecule has 0 amide bonds. The molecule has 3 aromatic rings.